The normalized spacial score (nSPS) is 19.2. The van der Waals surface area contributed by atoms with E-state index in [1.807, 2.05) is 29.2 Å². The summed E-state index contributed by atoms with van der Waals surface area (Å²) in [5.41, 5.74) is 8.18. The van der Waals surface area contributed by atoms with Crippen LogP contribution in [-0.2, 0) is 9.53 Å². The molecule has 0 radical (unpaired) electrons. The highest BCUT2D eigenvalue weighted by Crippen LogP contribution is 2.31. The number of nitrogens with two attached hydrogens (primary N) is 1. The van der Waals surface area contributed by atoms with Crippen LogP contribution in [0.25, 0.3) is 0 Å². The molecule has 4 heteroatoms. The van der Waals surface area contributed by atoms with Gasteiger partial charge in [0.2, 0.25) is 5.91 Å². The van der Waals surface area contributed by atoms with E-state index < -0.39 is 0 Å². The van der Waals surface area contributed by atoms with Crippen molar-refractivity contribution in [1.29, 1.82) is 0 Å². The van der Waals surface area contributed by atoms with Gasteiger partial charge in [-0.2, -0.15) is 0 Å². The van der Waals surface area contributed by atoms with Crippen LogP contribution in [0, 0.1) is 0 Å². The Balaban J connectivity index is 2.25. The molecule has 0 spiro atoms. The smallest absolute Gasteiger partial charge is 0.229 e. The number of methoxy groups -OCH3 is 1. The van der Waals surface area contributed by atoms with Crippen LogP contribution in [0.5, 0.6) is 0 Å². The molecule has 18 heavy (non-hydrogen) atoms. The van der Waals surface area contributed by atoms with E-state index in [1.165, 1.54) is 0 Å². The van der Waals surface area contributed by atoms with Crippen molar-refractivity contribution >= 4 is 11.6 Å². The van der Waals surface area contributed by atoms with E-state index in [9.17, 15) is 4.79 Å². The van der Waals surface area contributed by atoms with E-state index in [1.54, 1.807) is 7.11 Å². The van der Waals surface area contributed by atoms with Crippen molar-refractivity contribution in [2.75, 3.05) is 25.2 Å². The summed E-state index contributed by atoms with van der Waals surface area (Å²) in [6.07, 6.45) is 2.28. The zero-order valence-corrected chi connectivity index (χ0v) is 10.8. The highest BCUT2D eigenvalue weighted by molar-refractivity contribution is 5.94. The summed E-state index contributed by atoms with van der Waals surface area (Å²) in [6, 6.07) is 7.95. The van der Waals surface area contributed by atoms with Crippen LogP contribution in [0.4, 0.5) is 5.69 Å². The van der Waals surface area contributed by atoms with Crippen molar-refractivity contribution in [2.24, 2.45) is 5.73 Å². The number of hydrogen-bond acceptors (Lipinski definition) is 3. The third-order valence-electron chi connectivity index (χ3n) is 3.34. The van der Waals surface area contributed by atoms with Crippen molar-refractivity contribution in [3.05, 3.63) is 29.8 Å². The SMILES string of the molecule is COCCC(=O)N1CCCC(N)c2ccccc21. The average Bonchev–Trinajstić information content (AvgIpc) is 2.56. The van der Waals surface area contributed by atoms with Crippen LogP contribution in [0.15, 0.2) is 24.3 Å². The van der Waals surface area contributed by atoms with Gasteiger partial charge >= 0.3 is 0 Å². The molecule has 0 aromatic heterocycles. The first kappa shape index (κ1) is 13.1. The Morgan fingerprint density at radius 2 is 2.28 bits per heavy atom. The van der Waals surface area contributed by atoms with Gasteiger partial charge in [0.15, 0.2) is 0 Å². The molecule has 1 atom stereocenters. The van der Waals surface area contributed by atoms with Gasteiger partial charge in [-0.25, -0.2) is 0 Å². The van der Waals surface area contributed by atoms with Gasteiger partial charge in [0, 0.05) is 25.4 Å². The zero-order chi connectivity index (χ0) is 13.0. The fourth-order valence-corrected chi connectivity index (χ4v) is 2.38. The van der Waals surface area contributed by atoms with E-state index in [4.69, 9.17) is 10.5 Å². The molecule has 1 aliphatic rings. The second kappa shape index (κ2) is 5.98. The van der Waals surface area contributed by atoms with Crippen molar-refractivity contribution in [3.8, 4) is 0 Å². The molecule has 2 N–H and O–H groups in total. The van der Waals surface area contributed by atoms with Gasteiger partial charge in [-0.15, -0.1) is 0 Å². The van der Waals surface area contributed by atoms with Gasteiger partial charge in [0.05, 0.1) is 13.0 Å². The molecule has 0 aliphatic carbocycles. The van der Waals surface area contributed by atoms with Crippen LogP contribution < -0.4 is 10.6 Å². The number of amides is 1. The average molecular weight is 248 g/mol. The van der Waals surface area contributed by atoms with E-state index in [2.05, 4.69) is 0 Å². The molecule has 0 saturated carbocycles. The first-order chi connectivity index (χ1) is 8.74. The first-order valence-corrected chi connectivity index (χ1v) is 6.38. The molecule has 1 unspecified atom stereocenters. The fraction of sp³-hybridized carbons (Fsp3) is 0.500. The van der Waals surface area contributed by atoms with Gasteiger partial charge in [-0.05, 0) is 24.5 Å². The van der Waals surface area contributed by atoms with Gasteiger partial charge in [-0.3, -0.25) is 4.79 Å². The molecule has 0 fully saturated rings. The Labute approximate surface area is 108 Å². The molecule has 0 bridgehead atoms. The fourth-order valence-electron chi connectivity index (χ4n) is 2.38. The van der Waals surface area contributed by atoms with Gasteiger partial charge in [0.25, 0.3) is 0 Å². The second-order valence-corrected chi connectivity index (χ2v) is 4.60. The molecule has 4 nitrogen and oxygen atoms in total. The summed E-state index contributed by atoms with van der Waals surface area (Å²) in [5, 5.41) is 0. The van der Waals surface area contributed by atoms with Crippen molar-refractivity contribution in [2.45, 2.75) is 25.3 Å². The Kier molecular flexibility index (Phi) is 4.33. The zero-order valence-electron chi connectivity index (χ0n) is 10.8. The number of para-hydroxylation sites is 1. The maximum absolute atomic E-state index is 12.2. The predicted molar refractivity (Wildman–Crippen MR) is 71.5 cm³/mol. The maximum atomic E-state index is 12.2. The lowest BCUT2D eigenvalue weighted by atomic mass is 10.0. The molecule has 1 aliphatic heterocycles. The van der Waals surface area contributed by atoms with Crippen molar-refractivity contribution in [3.63, 3.8) is 0 Å². The monoisotopic (exact) mass is 248 g/mol. The Hall–Kier alpha value is -1.39. The number of benzene rings is 1. The number of rotatable bonds is 3. The van der Waals surface area contributed by atoms with Crippen LogP contribution in [0.2, 0.25) is 0 Å². The van der Waals surface area contributed by atoms with Gasteiger partial charge in [0.1, 0.15) is 0 Å². The molecule has 98 valence electrons. The van der Waals surface area contributed by atoms with Crippen LogP contribution in [0.1, 0.15) is 30.9 Å². The maximum Gasteiger partial charge on any atom is 0.229 e. The minimum atomic E-state index is 0.0291. The molecule has 1 aromatic carbocycles. The van der Waals surface area contributed by atoms with Gasteiger partial charge in [-0.1, -0.05) is 18.2 Å². The molecule has 1 aromatic rings. The molecule has 1 amide bonds. The van der Waals surface area contributed by atoms with E-state index in [0.29, 0.717) is 13.0 Å². The molecular weight excluding hydrogens is 228 g/mol. The number of carbonyl (C=O) groups excluding carboxylic acids is 1. The van der Waals surface area contributed by atoms with Crippen LogP contribution in [0.3, 0.4) is 0 Å². The number of carbonyl (C=O) groups is 1. The first-order valence-electron chi connectivity index (χ1n) is 6.38. The third kappa shape index (κ3) is 2.71. The molecule has 0 saturated heterocycles. The third-order valence-corrected chi connectivity index (χ3v) is 3.34. The highest BCUT2D eigenvalue weighted by atomic mass is 16.5. The summed E-state index contributed by atoms with van der Waals surface area (Å²) in [7, 11) is 1.61. The number of anilines is 1. The highest BCUT2D eigenvalue weighted by Gasteiger charge is 2.23. The summed E-state index contributed by atoms with van der Waals surface area (Å²) in [4.78, 5) is 14.0. The Morgan fingerprint density at radius 1 is 1.50 bits per heavy atom. The van der Waals surface area contributed by atoms with E-state index in [0.717, 1.165) is 30.6 Å². The lowest BCUT2D eigenvalue weighted by Gasteiger charge is -2.23. The summed E-state index contributed by atoms with van der Waals surface area (Å²) >= 11 is 0. The summed E-state index contributed by atoms with van der Waals surface area (Å²) in [6.45, 7) is 1.21. The summed E-state index contributed by atoms with van der Waals surface area (Å²) < 4.78 is 4.97. The standard InChI is InChI=1S/C14H20N2O2/c1-18-10-8-14(17)16-9-4-6-12(15)11-5-2-3-7-13(11)16/h2-3,5,7,12H,4,6,8-10,15H2,1H3. The number of nitrogens with zero attached hydrogens (tertiary/aromatic N) is 1. The van der Waals surface area contributed by atoms with Crippen LogP contribution >= 0.6 is 0 Å². The topological polar surface area (TPSA) is 55.6 Å². The Bertz CT molecular complexity index is 420. The van der Waals surface area contributed by atoms with E-state index >= 15 is 0 Å². The molecular formula is C14H20N2O2. The number of fused-ring (bicyclic) bond motifs is 1. The summed E-state index contributed by atoms with van der Waals surface area (Å²) in [5.74, 6) is 0.110. The molecule has 2 rings (SSSR count). The predicted octanol–water partition coefficient (Wildman–Crippen LogP) is 1.85. The minimum Gasteiger partial charge on any atom is -0.384 e. The largest absolute Gasteiger partial charge is 0.384 e. The lowest BCUT2D eigenvalue weighted by molar-refractivity contribution is -0.119. The minimum absolute atomic E-state index is 0.0291. The molecule has 1 heterocycles. The van der Waals surface area contributed by atoms with E-state index in [-0.39, 0.29) is 11.9 Å². The Morgan fingerprint density at radius 3 is 3.06 bits per heavy atom. The number of ether oxygens (including phenoxy) is 1. The van der Waals surface area contributed by atoms with Crippen molar-refractivity contribution < 1.29 is 9.53 Å². The quantitative estimate of drug-likeness (QED) is 0.888. The second-order valence-electron chi connectivity index (χ2n) is 4.60. The lowest BCUT2D eigenvalue weighted by Crippen LogP contribution is -2.32. The van der Waals surface area contributed by atoms with Crippen LogP contribution in [-0.4, -0.2) is 26.2 Å². The van der Waals surface area contributed by atoms with Crippen molar-refractivity contribution in [1.82, 2.24) is 0 Å². The van der Waals surface area contributed by atoms with Gasteiger partial charge < -0.3 is 15.4 Å². The number of hydrogen-bond donors (Lipinski definition) is 1.